The van der Waals surface area contributed by atoms with Crippen LogP contribution in [0, 0.1) is 0 Å². The zero-order valence-electron chi connectivity index (χ0n) is 19.7. The van der Waals surface area contributed by atoms with Crippen LogP contribution in [0.3, 0.4) is 0 Å². The van der Waals surface area contributed by atoms with E-state index in [9.17, 15) is 9.90 Å². The number of hydrogen-bond acceptors (Lipinski definition) is 6. The van der Waals surface area contributed by atoms with Crippen molar-refractivity contribution >= 4 is 28.5 Å². The molecule has 1 aromatic heterocycles. The third kappa shape index (κ3) is 4.87. The van der Waals surface area contributed by atoms with E-state index in [1.165, 1.54) is 18.2 Å². The Kier molecular flexibility index (Phi) is 6.80. The summed E-state index contributed by atoms with van der Waals surface area (Å²) in [5.74, 6) is -5.31. The Morgan fingerprint density at radius 2 is 1.97 bits per heavy atom. The molecule has 36 heavy (non-hydrogen) atoms. The molecule has 0 bridgehead atoms. The van der Waals surface area contributed by atoms with E-state index in [1.807, 2.05) is 6.92 Å². The van der Waals surface area contributed by atoms with Gasteiger partial charge in [0.15, 0.2) is 17.3 Å². The van der Waals surface area contributed by atoms with Crippen LogP contribution in [0.15, 0.2) is 46.9 Å². The first-order valence-electron chi connectivity index (χ1n) is 11.9. The smallest absolute Gasteiger partial charge is 0.380 e. The molecule has 1 saturated heterocycles. The number of fused-ring (bicyclic) bond motifs is 2. The molecule has 10 heteroatoms. The van der Waals surface area contributed by atoms with Crippen LogP contribution in [-0.2, 0) is 10.7 Å². The predicted molar refractivity (Wildman–Crippen MR) is 130 cm³/mol. The van der Waals surface area contributed by atoms with Gasteiger partial charge in [-0.2, -0.15) is 8.78 Å². The van der Waals surface area contributed by atoms with E-state index in [0.29, 0.717) is 40.7 Å². The number of halogens is 3. The molecule has 7 nitrogen and oxygen atoms in total. The first-order chi connectivity index (χ1) is 17.2. The lowest BCUT2D eigenvalue weighted by Gasteiger charge is -2.32. The Morgan fingerprint density at radius 1 is 1.19 bits per heavy atom. The van der Waals surface area contributed by atoms with Crippen molar-refractivity contribution in [3.05, 3.63) is 58.8 Å². The van der Waals surface area contributed by atoms with Crippen LogP contribution in [0.2, 0.25) is 5.02 Å². The molecule has 3 heterocycles. The quantitative estimate of drug-likeness (QED) is 0.472. The molecule has 2 unspecified atom stereocenters. The van der Waals surface area contributed by atoms with Gasteiger partial charge in [0.25, 0.3) is 5.91 Å². The molecular formula is C26H27ClF2N2O5. The number of amides is 1. The van der Waals surface area contributed by atoms with Crippen molar-refractivity contribution < 1.29 is 32.6 Å². The first kappa shape index (κ1) is 24.8. The number of ether oxygens (including phenoxy) is 2. The molecule has 2 aliphatic heterocycles. The molecule has 192 valence electrons. The Labute approximate surface area is 211 Å². The van der Waals surface area contributed by atoms with Gasteiger partial charge in [-0.3, -0.25) is 9.69 Å². The van der Waals surface area contributed by atoms with Gasteiger partial charge < -0.3 is 24.3 Å². The van der Waals surface area contributed by atoms with Crippen LogP contribution in [-0.4, -0.2) is 54.3 Å². The molecule has 0 saturated carbocycles. The van der Waals surface area contributed by atoms with E-state index in [0.717, 1.165) is 25.5 Å². The minimum Gasteiger partial charge on any atom is -0.486 e. The standard InChI is InChI=1S/C26H27ClF2N2O5/c1-15-3-2-8-31(15)14-19(24(32)16-4-6-21-22(12-16)35-10-9-34-21)30-25(33)26(28,29)23-13-17-11-18(27)5-7-20(17)36-23/h4-7,11-13,15,19,24,32H,2-3,8-10,14H2,1H3,(H,30,33)/t15-,19?,24?/m1/s1. The first-order valence-corrected chi connectivity index (χ1v) is 12.3. The van der Waals surface area contributed by atoms with E-state index in [1.54, 1.807) is 18.2 Å². The van der Waals surface area contributed by atoms with Gasteiger partial charge in [0, 0.05) is 23.0 Å². The fraction of sp³-hybridized carbons (Fsp3) is 0.423. The van der Waals surface area contributed by atoms with Crippen LogP contribution in [0.5, 0.6) is 11.5 Å². The van der Waals surface area contributed by atoms with Crippen molar-refractivity contribution in [2.45, 2.75) is 43.9 Å². The summed E-state index contributed by atoms with van der Waals surface area (Å²) in [4.78, 5) is 15.0. The predicted octanol–water partition coefficient (Wildman–Crippen LogP) is 4.65. The van der Waals surface area contributed by atoms with Gasteiger partial charge in [0.1, 0.15) is 24.9 Å². The molecule has 0 aliphatic carbocycles. The maximum absolute atomic E-state index is 15.3. The van der Waals surface area contributed by atoms with Gasteiger partial charge in [-0.15, -0.1) is 0 Å². The molecule has 3 aromatic rings. The van der Waals surface area contributed by atoms with Crippen LogP contribution >= 0.6 is 11.6 Å². The highest BCUT2D eigenvalue weighted by atomic mass is 35.5. The third-order valence-electron chi connectivity index (χ3n) is 6.80. The van der Waals surface area contributed by atoms with Gasteiger partial charge in [-0.1, -0.05) is 17.7 Å². The summed E-state index contributed by atoms with van der Waals surface area (Å²) < 4.78 is 46.9. The van der Waals surface area contributed by atoms with Crippen molar-refractivity contribution in [3.8, 4) is 11.5 Å². The largest absolute Gasteiger partial charge is 0.486 e. The number of hydrogen-bond donors (Lipinski definition) is 2. The molecule has 3 atom stereocenters. The number of aliphatic hydroxyl groups excluding tert-OH is 1. The summed E-state index contributed by atoms with van der Waals surface area (Å²) in [6.07, 6.45) is 0.654. The third-order valence-corrected chi connectivity index (χ3v) is 7.04. The van der Waals surface area contributed by atoms with E-state index in [4.69, 9.17) is 25.5 Å². The second-order valence-electron chi connectivity index (χ2n) is 9.28. The van der Waals surface area contributed by atoms with Crippen molar-refractivity contribution in [3.63, 3.8) is 0 Å². The SMILES string of the molecule is C[C@@H]1CCCN1CC(NC(=O)C(F)(F)c1cc2cc(Cl)ccc2o1)C(O)c1ccc2c(c1)OCCO2. The highest BCUT2D eigenvalue weighted by Crippen LogP contribution is 2.36. The molecule has 0 spiro atoms. The van der Waals surface area contributed by atoms with Gasteiger partial charge in [-0.25, -0.2) is 0 Å². The van der Waals surface area contributed by atoms with Crippen LogP contribution in [0.4, 0.5) is 8.78 Å². The second kappa shape index (κ2) is 9.88. The lowest BCUT2D eigenvalue weighted by atomic mass is 10.00. The Morgan fingerprint density at radius 3 is 2.72 bits per heavy atom. The van der Waals surface area contributed by atoms with Crippen molar-refractivity contribution in [1.29, 1.82) is 0 Å². The average Bonchev–Trinajstić information content (AvgIpc) is 3.48. The minimum absolute atomic E-state index is 0.195. The van der Waals surface area contributed by atoms with Gasteiger partial charge in [-0.05, 0) is 68.3 Å². The number of nitrogens with zero attached hydrogens (tertiary/aromatic N) is 1. The monoisotopic (exact) mass is 520 g/mol. The number of nitrogens with one attached hydrogen (secondary N) is 1. The molecule has 1 fully saturated rings. The topological polar surface area (TPSA) is 84.2 Å². The normalized spacial score (nSPS) is 19.9. The zero-order chi connectivity index (χ0) is 25.4. The summed E-state index contributed by atoms with van der Waals surface area (Å²) >= 11 is 5.95. The van der Waals surface area contributed by atoms with Gasteiger partial charge in [0.05, 0.1) is 6.04 Å². The molecular weight excluding hydrogens is 494 g/mol. The van der Waals surface area contributed by atoms with E-state index >= 15 is 8.78 Å². The van der Waals surface area contributed by atoms with Gasteiger partial charge in [0.2, 0.25) is 0 Å². The molecule has 2 aromatic carbocycles. The fourth-order valence-electron chi connectivity index (χ4n) is 4.76. The van der Waals surface area contributed by atoms with Crippen LogP contribution < -0.4 is 14.8 Å². The summed E-state index contributed by atoms with van der Waals surface area (Å²) in [5, 5.41) is 14.4. The summed E-state index contributed by atoms with van der Waals surface area (Å²) in [6, 6.07) is 9.71. The average molecular weight is 521 g/mol. The number of likely N-dealkylation sites (tertiary alicyclic amines) is 1. The number of carbonyl (C=O) groups is 1. The van der Waals surface area contributed by atoms with E-state index in [2.05, 4.69) is 10.2 Å². The molecule has 2 aliphatic rings. The summed E-state index contributed by atoms with van der Waals surface area (Å²) in [7, 11) is 0. The Hall–Kier alpha value is -2.88. The minimum atomic E-state index is -3.97. The highest BCUT2D eigenvalue weighted by Gasteiger charge is 2.46. The van der Waals surface area contributed by atoms with Crippen molar-refractivity contribution in [1.82, 2.24) is 10.2 Å². The number of alkyl halides is 2. The van der Waals surface area contributed by atoms with Crippen LogP contribution in [0.1, 0.15) is 37.2 Å². The van der Waals surface area contributed by atoms with Crippen LogP contribution in [0.25, 0.3) is 11.0 Å². The maximum Gasteiger partial charge on any atom is 0.380 e. The molecule has 2 N–H and O–H groups in total. The molecule has 5 rings (SSSR count). The number of carbonyl (C=O) groups excluding carboxylic acids is 1. The molecule has 1 amide bonds. The van der Waals surface area contributed by atoms with E-state index in [-0.39, 0.29) is 18.2 Å². The Bertz CT molecular complexity index is 1270. The fourth-order valence-corrected chi connectivity index (χ4v) is 4.94. The Balaban J connectivity index is 1.40. The van der Waals surface area contributed by atoms with E-state index < -0.39 is 29.7 Å². The number of benzene rings is 2. The zero-order valence-corrected chi connectivity index (χ0v) is 20.4. The highest BCUT2D eigenvalue weighted by molar-refractivity contribution is 6.31. The lowest BCUT2D eigenvalue weighted by molar-refractivity contribution is -0.151. The second-order valence-corrected chi connectivity index (χ2v) is 9.72. The number of furan rings is 1. The van der Waals surface area contributed by atoms with Crippen molar-refractivity contribution in [2.75, 3.05) is 26.3 Å². The maximum atomic E-state index is 15.3. The lowest BCUT2D eigenvalue weighted by Crippen LogP contribution is -2.51. The summed E-state index contributed by atoms with van der Waals surface area (Å²) in [6.45, 7) is 3.78. The molecule has 0 radical (unpaired) electrons. The van der Waals surface area contributed by atoms with Gasteiger partial charge >= 0.3 is 5.92 Å². The summed E-state index contributed by atoms with van der Waals surface area (Å²) in [5.41, 5.74) is 0.624. The van der Waals surface area contributed by atoms with Crippen molar-refractivity contribution in [2.24, 2.45) is 0 Å². The number of rotatable bonds is 7. The number of aliphatic hydroxyl groups is 1.